The fourth-order valence-corrected chi connectivity index (χ4v) is 0. The minimum Gasteiger partial charge on any atom is -0.469 e. The molecule has 0 unspecified atom stereocenters. The quantitative estimate of drug-likeness (QED) is 0.521. The molecule has 0 aromatic heterocycles. The van der Waals surface area contributed by atoms with E-state index in [-0.39, 0.29) is 27.3 Å². The maximum atomic E-state index is 8.77. The Morgan fingerprint density at radius 2 is 1.00 bits per heavy atom. The molecule has 0 saturated carbocycles. The summed E-state index contributed by atoms with van der Waals surface area (Å²) in [4.78, 5) is 17.5. The molecule has 0 bridgehead atoms. The Labute approximate surface area is 80.9 Å². The van der Waals surface area contributed by atoms with Gasteiger partial charge in [-0.3, -0.25) is 0 Å². The van der Waals surface area contributed by atoms with Crippen molar-refractivity contribution in [3.8, 4) is 0 Å². The zero-order chi connectivity index (χ0) is 7.15. The van der Waals surface area contributed by atoms with Gasteiger partial charge < -0.3 is 10.2 Å². The summed E-state index contributed by atoms with van der Waals surface area (Å²) in [6.07, 6.45) is 0. The maximum absolute atomic E-state index is 8.77. The first kappa shape index (κ1) is 16.2. The molecule has 0 heterocycles. The summed E-state index contributed by atoms with van der Waals surface area (Å²) in [6, 6.07) is 0. The van der Waals surface area contributed by atoms with Crippen molar-refractivity contribution < 1.29 is 47.1 Å². The van der Waals surface area contributed by atoms with Crippen LogP contribution in [0.2, 0.25) is 0 Å². The molecule has 0 rings (SSSR count). The van der Waals surface area contributed by atoms with E-state index in [1.54, 1.807) is 0 Å². The molecule has 0 saturated heterocycles. The molecule has 0 aliphatic heterocycles. The van der Waals surface area contributed by atoms with Crippen molar-refractivity contribution in [1.29, 1.82) is 0 Å². The topological polar surface area (TPSA) is 74.6 Å². The van der Waals surface area contributed by atoms with Crippen molar-refractivity contribution in [2.45, 2.75) is 0 Å². The van der Waals surface area contributed by atoms with Crippen LogP contribution < -0.4 is 0 Å². The maximum Gasteiger partial charge on any atom is 0.401 e. The minimum atomic E-state index is -1.36. The van der Waals surface area contributed by atoms with E-state index in [4.69, 9.17) is 19.8 Å². The Balaban J connectivity index is -0.0000000720. The second kappa shape index (κ2) is 11.3. The van der Waals surface area contributed by atoms with Crippen LogP contribution in [0.3, 0.4) is 0 Å². The van der Waals surface area contributed by atoms with E-state index in [0.29, 0.717) is 0 Å². The van der Waals surface area contributed by atoms with Crippen molar-refractivity contribution in [3.63, 3.8) is 0 Å². The number of carbonyl (C=O) groups is 2. The summed E-state index contributed by atoms with van der Waals surface area (Å²) in [6.45, 7) is 0. The molecule has 9 heavy (non-hydrogen) atoms. The van der Waals surface area contributed by atoms with Gasteiger partial charge >= 0.3 is 10.9 Å². The standard InChI is InChI=1S/2CHClO2.Cd/c2*2-1(3)4;/h2*(H,3,4);. The van der Waals surface area contributed by atoms with Crippen LogP contribution >= 0.6 is 23.2 Å². The molecule has 0 atom stereocenters. The normalized spacial score (nSPS) is 5.56. The summed E-state index contributed by atoms with van der Waals surface area (Å²) >= 11 is 8.38. The largest absolute Gasteiger partial charge is 0.469 e. The van der Waals surface area contributed by atoms with Gasteiger partial charge in [0.25, 0.3) is 0 Å². The SMILES string of the molecule is O=C(O)Cl.O=C(O)Cl.[Cd]. The Hall–Kier alpha value is 0.442. The predicted octanol–water partition coefficient (Wildman–Crippen LogP) is 1.80. The van der Waals surface area contributed by atoms with Crippen LogP contribution in [0, 0.1) is 0 Å². The van der Waals surface area contributed by atoms with Gasteiger partial charge in [0, 0.05) is 50.5 Å². The van der Waals surface area contributed by atoms with Crippen LogP contribution in [0.4, 0.5) is 9.59 Å². The molecule has 7 heteroatoms. The predicted molar refractivity (Wildman–Crippen MR) is 27.8 cm³/mol. The average Bonchev–Trinajstić information content (AvgIpc) is 1.25. The molecule has 0 aliphatic carbocycles. The van der Waals surface area contributed by atoms with Gasteiger partial charge in [-0.1, -0.05) is 0 Å². The van der Waals surface area contributed by atoms with E-state index in [1.807, 2.05) is 0 Å². The molecule has 2 N–H and O–H groups in total. The summed E-state index contributed by atoms with van der Waals surface area (Å²) in [5.41, 5.74) is -2.72. The third-order valence-electron chi connectivity index (χ3n) is 0. The summed E-state index contributed by atoms with van der Waals surface area (Å²) < 4.78 is 0. The second-order valence-electron chi connectivity index (χ2n) is 0.506. The molecular weight excluding hydrogens is 271 g/mol. The van der Waals surface area contributed by atoms with Crippen molar-refractivity contribution >= 4 is 34.1 Å². The molecular formula is C2H2CdCl2O4. The zero-order valence-electron chi connectivity index (χ0n) is 4.17. The van der Waals surface area contributed by atoms with E-state index in [9.17, 15) is 0 Å². The zero-order valence-corrected chi connectivity index (χ0v) is 9.72. The van der Waals surface area contributed by atoms with Gasteiger partial charge in [-0.05, 0) is 0 Å². The first-order valence-electron chi connectivity index (χ1n) is 1.23. The Bertz CT molecular complexity index is 74.6. The fraction of sp³-hybridized carbons (Fsp3) is 0. The van der Waals surface area contributed by atoms with Gasteiger partial charge in [0.05, 0.1) is 0 Å². The third kappa shape index (κ3) is 1790. The number of hydrogen-bond donors (Lipinski definition) is 2. The van der Waals surface area contributed by atoms with E-state index in [2.05, 4.69) is 23.2 Å². The molecule has 0 fully saturated rings. The summed E-state index contributed by atoms with van der Waals surface area (Å²) in [5.74, 6) is 0. The smallest absolute Gasteiger partial charge is 0.401 e. The molecule has 0 aromatic carbocycles. The van der Waals surface area contributed by atoms with Crippen LogP contribution in [-0.2, 0) is 27.3 Å². The van der Waals surface area contributed by atoms with Crippen molar-refractivity contribution in [2.75, 3.05) is 0 Å². The van der Waals surface area contributed by atoms with E-state index < -0.39 is 10.9 Å². The molecule has 0 amide bonds. The van der Waals surface area contributed by atoms with Gasteiger partial charge in [-0.25, -0.2) is 9.59 Å². The van der Waals surface area contributed by atoms with Gasteiger partial charge in [0.1, 0.15) is 0 Å². The molecule has 4 nitrogen and oxygen atoms in total. The molecule has 0 spiro atoms. The average molecular weight is 273 g/mol. The first-order chi connectivity index (χ1) is 3.46. The molecule has 0 aliphatic rings. The summed E-state index contributed by atoms with van der Waals surface area (Å²) in [7, 11) is 0. The van der Waals surface area contributed by atoms with Crippen LogP contribution in [0.15, 0.2) is 0 Å². The molecule has 0 radical (unpaired) electrons. The molecule has 50 valence electrons. The fourth-order valence-electron chi connectivity index (χ4n) is 0. The Kier molecular flexibility index (Phi) is 20.3. The number of carboxylic acid groups (broad SMARTS) is 2. The van der Waals surface area contributed by atoms with Gasteiger partial charge in [0.2, 0.25) is 0 Å². The van der Waals surface area contributed by atoms with Crippen LogP contribution in [0.25, 0.3) is 0 Å². The number of halogens is 2. The Morgan fingerprint density at radius 1 is 1.00 bits per heavy atom. The van der Waals surface area contributed by atoms with Crippen molar-refractivity contribution in [3.05, 3.63) is 0 Å². The number of rotatable bonds is 0. The number of hydrogen-bond acceptors (Lipinski definition) is 2. The van der Waals surface area contributed by atoms with Crippen LogP contribution in [0.5, 0.6) is 0 Å². The van der Waals surface area contributed by atoms with Crippen LogP contribution in [-0.4, -0.2) is 21.1 Å². The van der Waals surface area contributed by atoms with E-state index in [1.165, 1.54) is 0 Å². The van der Waals surface area contributed by atoms with Crippen LogP contribution in [0.1, 0.15) is 0 Å². The van der Waals surface area contributed by atoms with Gasteiger partial charge in [0.15, 0.2) is 0 Å². The third-order valence-corrected chi connectivity index (χ3v) is 0. The summed E-state index contributed by atoms with van der Waals surface area (Å²) in [5, 5.41) is 14.4. The van der Waals surface area contributed by atoms with Crippen molar-refractivity contribution in [1.82, 2.24) is 0 Å². The van der Waals surface area contributed by atoms with Gasteiger partial charge in [-0.2, -0.15) is 0 Å². The van der Waals surface area contributed by atoms with E-state index >= 15 is 0 Å². The monoisotopic (exact) mass is 274 g/mol. The Morgan fingerprint density at radius 3 is 1.00 bits per heavy atom. The van der Waals surface area contributed by atoms with E-state index in [0.717, 1.165) is 0 Å². The van der Waals surface area contributed by atoms with Gasteiger partial charge in [-0.15, -0.1) is 0 Å². The first-order valence-corrected chi connectivity index (χ1v) is 1.99. The molecule has 0 aromatic rings. The second-order valence-corrected chi connectivity index (χ2v) is 1.15. The minimum absolute atomic E-state index is 0. The van der Waals surface area contributed by atoms with Crippen molar-refractivity contribution in [2.24, 2.45) is 0 Å².